The summed E-state index contributed by atoms with van der Waals surface area (Å²) in [5, 5.41) is 16.9. The summed E-state index contributed by atoms with van der Waals surface area (Å²) >= 11 is 0. The Labute approximate surface area is 233 Å². The van der Waals surface area contributed by atoms with E-state index < -0.39 is 67.3 Å². The van der Waals surface area contributed by atoms with E-state index in [4.69, 9.17) is 0 Å². The summed E-state index contributed by atoms with van der Waals surface area (Å²) in [5.74, 6) is -1.42. The number of carbonyl (C=O) groups excluding carboxylic acids is 1. The molecule has 0 aromatic heterocycles. The van der Waals surface area contributed by atoms with E-state index in [1.165, 1.54) is 18.2 Å². The van der Waals surface area contributed by atoms with Crippen molar-refractivity contribution in [2.45, 2.75) is 14.7 Å². The van der Waals surface area contributed by atoms with Crippen molar-refractivity contribution in [1.29, 1.82) is 0 Å². The van der Waals surface area contributed by atoms with E-state index in [-0.39, 0.29) is 11.5 Å². The number of ketones is 1. The van der Waals surface area contributed by atoms with Gasteiger partial charge in [0.25, 0.3) is 30.4 Å². The van der Waals surface area contributed by atoms with Crippen LogP contribution in [0.4, 0.5) is 11.4 Å². The summed E-state index contributed by atoms with van der Waals surface area (Å²) in [7, 11) is -15.5. The molecule has 0 bridgehead atoms. The lowest BCUT2D eigenvalue weighted by Gasteiger charge is -2.12. The molecule has 0 saturated heterocycles. The number of nitrogens with zero attached hydrogens (tertiary/aromatic N) is 2. The largest absolute Gasteiger partial charge is 0.505 e. The van der Waals surface area contributed by atoms with Gasteiger partial charge >= 0.3 is 0 Å². The van der Waals surface area contributed by atoms with Gasteiger partial charge in [0.2, 0.25) is 0 Å². The highest BCUT2D eigenvalue weighted by Crippen LogP contribution is 2.44. The Morgan fingerprint density at radius 1 is 0.707 bits per heavy atom. The number of hydrogen-bond acceptors (Lipinski definition) is 10. The predicted octanol–water partition coefficient (Wildman–Crippen LogP) is 4.60. The predicted molar refractivity (Wildman–Crippen MR) is 145 cm³/mol. The molecule has 0 aliphatic rings. The van der Waals surface area contributed by atoms with Gasteiger partial charge in [-0.2, -0.15) is 30.4 Å². The molecule has 0 amide bonds. The minimum atomic E-state index is -5.25. The lowest BCUT2D eigenvalue weighted by Crippen LogP contribution is -2.06. The molecule has 4 aromatic carbocycles. The van der Waals surface area contributed by atoms with Crippen LogP contribution in [0.5, 0.6) is 5.75 Å². The van der Waals surface area contributed by atoms with Gasteiger partial charge < -0.3 is 5.11 Å². The smallest absolute Gasteiger partial charge is 0.296 e. The quantitative estimate of drug-likeness (QED) is 0.0923. The Balaban J connectivity index is 1.78. The number of fused-ring (bicyclic) bond motifs is 1. The van der Waals surface area contributed by atoms with Crippen LogP contribution < -0.4 is 0 Å². The zero-order chi connectivity index (χ0) is 30.2. The van der Waals surface area contributed by atoms with Crippen LogP contribution in [-0.4, -0.2) is 49.8 Å². The molecule has 0 aliphatic heterocycles. The van der Waals surface area contributed by atoms with Crippen LogP contribution in [-0.2, 0) is 30.4 Å². The monoisotopic (exact) mass is 618 g/mol. The molecule has 13 nitrogen and oxygen atoms in total. The number of carbonyl (C=O) groups is 1. The molecular formula is C25H18N2O11S3. The number of aromatic hydroxyl groups is 1. The van der Waals surface area contributed by atoms with E-state index >= 15 is 0 Å². The highest BCUT2D eigenvalue weighted by atomic mass is 32.2. The van der Waals surface area contributed by atoms with Crippen LogP contribution in [0.15, 0.2) is 104 Å². The Hall–Kier alpha value is -4.32. The number of phenolic OH excluding ortho intramolecular Hbond substituents is 1. The summed E-state index contributed by atoms with van der Waals surface area (Å²) in [6, 6.07) is 16.0. The second kappa shape index (κ2) is 10.9. The Bertz CT molecular complexity index is 2070. The first kappa shape index (κ1) is 29.7. The molecule has 0 aliphatic carbocycles. The van der Waals surface area contributed by atoms with Crippen molar-refractivity contribution in [2.24, 2.45) is 10.2 Å². The average molecular weight is 619 g/mol. The van der Waals surface area contributed by atoms with Crippen molar-refractivity contribution in [1.82, 2.24) is 0 Å². The number of benzene rings is 4. The Morgan fingerprint density at radius 3 is 1.88 bits per heavy atom. The van der Waals surface area contributed by atoms with Gasteiger partial charge in [-0.1, -0.05) is 48.5 Å². The van der Waals surface area contributed by atoms with Gasteiger partial charge in [-0.15, -0.1) is 5.11 Å². The molecule has 4 rings (SSSR count). The van der Waals surface area contributed by atoms with Gasteiger partial charge in [0.15, 0.2) is 11.5 Å². The maximum atomic E-state index is 12.2. The molecule has 0 spiro atoms. The maximum absolute atomic E-state index is 12.2. The van der Waals surface area contributed by atoms with E-state index in [1.807, 2.05) is 0 Å². The summed E-state index contributed by atoms with van der Waals surface area (Å²) in [4.78, 5) is 8.90. The zero-order valence-electron chi connectivity index (χ0n) is 20.3. The standard InChI is InChI=1S/C25H18N2O11S3/c28-20(16-4-2-1-3-5-16)11-8-15-6-9-18(10-7-15)26-27-24-22(41(36,37)38)13-17-12-19(39(30,31)32)14-21(40(33,34)35)23(17)25(24)29/h1-14,29H,(H,30,31,32)(H,33,34,35)(H,36,37,38). The highest BCUT2D eigenvalue weighted by molar-refractivity contribution is 7.87. The fourth-order valence-corrected chi connectivity index (χ4v) is 5.72. The number of allylic oxidation sites excluding steroid dienone is 1. The topological polar surface area (TPSA) is 225 Å². The molecule has 212 valence electrons. The number of rotatable bonds is 8. The third-order valence-electron chi connectivity index (χ3n) is 5.58. The molecule has 4 aromatic rings. The van der Waals surface area contributed by atoms with Crippen molar-refractivity contribution in [3.63, 3.8) is 0 Å². The van der Waals surface area contributed by atoms with Crippen LogP contribution in [0.1, 0.15) is 15.9 Å². The molecule has 0 radical (unpaired) electrons. The van der Waals surface area contributed by atoms with Gasteiger partial charge in [-0.05, 0) is 47.4 Å². The first-order valence-electron chi connectivity index (χ1n) is 11.1. The first-order valence-corrected chi connectivity index (χ1v) is 15.4. The molecule has 41 heavy (non-hydrogen) atoms. The van der Waals surface area contributed by atoms with E-state index in [0.717, 1.165) is 0 Å². The summed E-state index contributed by atoms with van der Waals surface area (Å²) in [5.41, 5.74) is 0.259. The summed E-state index contributed by atoms with van der Waals surface area (Å²) in [6.45, 7) is 0. The van der Waals surface area contributed by atoms with Crippen LogP contribution >= 0.6 is 0 Å². The number of azo groups is 1. The molecule has 0 unspecified atom stereocenters. The summed E-state index contributed by atoms with van der Waals surface area (Å²) in [6.07, 6.45) is 2.90. The lowest BCUT2D eigenvalue weighted by molar-refractivity contribution is 0.104. The Morgan fingerprint density at radius 2 is 1.32 bits per heavy atom. The fraction of sp³-hybridized carbons (Fsp3) is 0. The van der Waals surface area contributed by atoms with E-state index in [0.29, 0.717) is 29.3 Å². The Kier molecular flexibility index (Phi) is 7.90. The van der Waals surface area contributed by atoms with Crippen LogP contribution in [0, 0.1) is 0 Å². The molecule has 0 heterocycles. The molecular weight excluding hydrogens is 600 g/mol. The zero-order valence-corrected chi connectivity index (χ0v) is 22.8. The molecule has 0 atom stereocenters. The second-order valence-corrected chi connectivity index (χ2v) is 12.6. The number of phenols is 1. The fourth-order valence-electron chi connectivity index (χ4n) is 3.70. The van der Waals surface area contributed by atoms with E-state index in [9.17, 15) is 48.8 Å². The van der Waals surface area contributed by atoms with Crippen molar-refractivity contribution in [2.75, 3.05) is 0 Å². The van der Waals surface area contributed by atoms with Crippen molar-refractivity contribution in [3.8, 4) is 5.75 Å². The van der Waals surface area contributed by atoms with E-state index in [2.05, 4.69) is 10.2 Å². The molecule has 0 fully saturated rings. The highest BCUT2D eigenvalue weighted by Gasteiger charge is 2.28. The van der Waals surface area contributed by atoms with Gasteiger partial charge in [-0.3, -0.25) is 18.5 Å². The SMILES string of the molecule is O=C(C=Cc1ccc(N=Nc2c(S(=O)(=O)O)cc3cc(S(=O)(=O)O)cc(S(=O)(=O)O)c3c2O)cc1)c1ccccc1. The van der Waals surface area contributed by atoms with Gasteiger partial charge in [0.1, 0.15) is 15.5 Å². The lowest BCUT2D eigenvalue weighted by atomic mass is 10.1. The molecule has 0 saturated carbocycles. The van der Waals surface area contributed by atoms with Gasteiger partial charge in [0.05, 0.1) is 10.6 Å². The van der Waals surface area contributed by atoms with Crippen molar-refractivity contribution < 1.29 is 48.8 Å². The molecule has 16 heteroatoms. The average Bonchev–Trinajstić information content (AvgIpc) is 2.90. The van der Waals surface area contributed by atoms with Crippen LogP contribution in [0.3, 0.4) is 0 Å². The van der Waals surface area contributed by atoms with Crippen LogP contribution in [0.2, 0.25) is 0 Å². The van der Waals surface area contributed by atoms with E-state index in [1.54, 1.807) is 48.5 Å². The third kappa shape index (κ3) is 6.71. The normalized spacial score (nSPS) is 12.9. The summed E-state index contributed by atoms with van der Waals surface area (Å²) < 4.78 is 100. The minimum absolute atomic E-state index is 0.106. The minimum Gasteiger partial charge on any atom is -0.505 e. The van der Waals surface area contributed by atoms with Gasteiger partial charge in [0, 0.05) is 10.9 Å². The van der Waals surface area contributed by atoms with Gasteiger partial charge in [-0.25, -0.2) is 0 Å². The van der Waals surface area contributed by atoms with Crippen LogP contribution in [0.25, 0.3) is 16.8 Å². The van der Waals surface area contributed by atoms with Crippen molar-refractivity contribution in [3.05, 3.63) is 90.0 Å². The molecule has 4 N–H and O–H groups in total. The second-order valence-electron chi connectivity index (χ2n) is 8.37. The maximum Gasteiger partial charge on any atom is 0.296 e. The number of hydrogen-bond donors (Lipinski definition) is 4. The van der Waals surface area contributed by atoms with Crippen molar-refractivity contribution >= 4 is 64.4 Å². The first-order chi connectivity index (χ1) is 19.1. The third-order valence-corrected chi connectivity index (χ3v) is 8.16.